The van der Waals surface area contributed by atoms with Gasteiger partial charge in [-0.3, -0.25) is 9.59 Å². The summed E-state index contributed by atoms with van der Waals surface area (Å²) in [6.07, 6.45) is 0. The van der Waals surface area contributed by atoms with Gasteiger partial charge in [0.25, 0.3) is 11.5 Å². The summed E-state index contributed by atoms with van der Waals surface area (Å²) in [6, 6.07) is 12.9. The van der Waals surface area contributed by atoms with Crippen molar-refractivity contribution in [2.45, 2.75) is 20.0 Å². The molecule has 1 aromatic heterocycles. The quantitative estimate of drug-likeness (QED) is 0.730. The highest BCUT2D eigenvalue weighted by Gasteiger charge is 2.15. The second kappa shape index (κ2) is 7.18. The van der Waals surface area contributed by atoms with Gasteiger partial charge in [0.05, 0.1) is 11.4 Å². The molecule has 1 N–H and O–H groups in total. The molecule has 1 heterocycles. The van der Waals surface area contributed by atoms with Crippen LogP contribution in [0.5, 0.6) is 0 Å². The maximum atomic E-state index is 12.6. The average molecular weight is 350 g/mol. The highest BCUT2D eigenvalue weighted by molar-refractivity contribution is 6.04. The summed E-state index contributed by atoms with van der Waals surface area (Å²) in [6.45, 7) is 2.34. The SMILES string of the molecule is CCn1nc(C(=O)NCc2ccc(C(=O)[O-])cc2)c2ccccc2c1=O. The van der Waals surface area contributed by atoms with E-state index < -0.39 is 11.9 Å². The van der Waals surface area contributed by atoms with E-state index in [1.807, 2.05) is 0 Å². The Bertz CT molecular complexity index is 1040. The van der Waals surface area contributed by atoms with Crippen molar-refractivity contribution in [2.24, 2.45) is 0 Å². The Balaban J connectivity index is 1.87. The number of carboxylic acids is 1. The summed E-state index contributed by atoms with van der Waals surface area (Å²) in [7, 11) is 0. The van der Waals surface area contributed by atoms with Crippen molar-refractivity contribution < 1.29 is 14.7 Å². The number of fused-ring (bicyclic) bond motifs is 1. The molecule has 26 heavy (non-hydrogen) atoms. The van der Waals surface area contributed by atoms with Crippen LogP contribution in [0.4, 0.5) is 0 Å². The van der Waals surface area contributed by atoms with Gasteiger partial charge in [-0.15, -0.1) is 0 Å². The van der Waals surface area contributed by atoms with Crippen LogP contribution in [-0.2, 0) is 13.1 Å². The summed E-state index contributed by atoms with van der Waals surface area (Å²) < 4.78 is 1.26. The molecule has 0 aliphatic heterocycles. The van der Waals surface area contributed by atoms with E-state index >= 15 is 0 Å². The number of carbonyl (C=O) groups is 2. The zero-order chi connectivity index (χ0) is 18.7. The van der Waals surface area contributed by atoms with Crippen LogP contribution in [0.3, 0.4) is 0 Å². The molecule has 7 nitrogen and oxygen atoms in total. The van der Waals surface area contributed by atoms with Crippen molar-refractivity contribution in [3.05, 3.63) is 75.7 Å². The van der Waals surface area contributed by atoms with Crippen molar-refractivity contribution in [1.29, 1.82) is 0 Å². The molecule has 3 aromatic rings. The highest BCUT2D eigenvalue weighted by Crippen LogP contribution is 2.13. The normalized spacial score (nSPS) is 10.7. The van der Waals surface area contributed by atoms with E-state index in [0.717, 1.165) is 5.56 Å². The highest BCUT2D eigenvalue weighted by atomic mass is 16.4. The first-order chi connectivity index (χ1) is 12.5. The zero-order valence-electron chi connectivity index (χ0n) is 14.1. The standard InChI is InChI=1S/C19H17N3O4/c1-2-22-18(24)15-6-4-3-5-14(15)16(21-22)17(23)20-11-12-7-9-13(10-8-12)19(25)26/h3-10H,2,11H2,1H3,(H,20,23)(H,25,26)/p-1. The van der Waals surface area contributed by atoms with E-state index in [1.54, 1.807) is 43.3 Å². The Morgan fingerprint density at radius 1 is 1.08 bits per heavy atom. The first-order valence-electron chi connectivity index (χ1n) is 8.09. The van der Waals surface area contributed by atoms with Gasteiger partial charge in [0.15, 0.2) is 5.69 Å². The van der Waals surface area contributed by atoms with Crippen molar-refractivity contribution >= 4 is 22.6 Å². The molecule has 0 saturated carbocycles. The van der Waals surface area contributed by atoms with Gasteiger partial charge >= 0.3 is 0 Å². The predicted octanol–water partition coefficient (Wildman–Crippen LogP) is 0.710. The molecule has 1 amide bonds. The minimum atomic E-state index is -1.25. The van der Waals surface area contributed by atoms with Crippen LogP contribution in [0.15, 0.2) is 53.3 Å². The Hall–Kier alpha value is -3.48. The molecule has 132 valence electrons. The topological polar surface area (TPSA) is 104 Å². The van der Waals surface area contributed by atoms with Gasteiger partial charge in [-0.1, -0.05) is 42.5 Å². The summed E-state index contributed by atoms with van der Waals surface area (Å²) in [4.78, 5) is 35.7. The number of hydrogen-bond donors (Lipinski definition) is 1. The van der Waals surface area contributed by atoms with Crippen LogP contribution in [-0.4, -0.2) is 21.7 Å². The van der Waals surface area contributed by atoms with Gasteiger partial charge in [0, 0.05) is 18.5 Å². The lowest BCUT2D eigenvalue weighted by atomic mass is 10.1. The van der Waals surface area contributed by atoms with Crippen LogP contribution >= 0.6 is 0 Å². The number of nitrogens with one attached hydrogen (secondary N) is 1. The molecule has 0 radical (unpaired) electrons. The number of rotatable bonds is 5. The fourth-order valence-corrected chi connectivity index (χ4v) is 2.64. The van der Waals surface area contributed by atoms with Gasteiger partial charge in [-0.25, -0.2) is 4.68 Å². The third-order valence-corrected chi connectivity index (χ3v) is 4.03. The molecular formula is C19H16N3O4-. The van der Waals surface area contributed by atoms with Gasteiger partial charge in [0.1, 0.15) is 0 Å². The number of hydrogen-bond acceptors (Lipinski definition) is 5. The van der Waals surface area contributed by atoms with Gasteiger partial charge < -0.3 is 15.2 Å². The number of carbonyl (C=O) groups excluding carboxylic acids is 2. The van der Waals surface area contributed by atoms with E-state index in [-0.39, 0.29) is 23.4 Å². The third-order valence-electron chi connectivity index (χ3n) is 4.03. The number of aromatic nitrogens is 2. The van der Waals surface area contributed by atoms with E-state index in [1.165, 1.54) is 16.8 Å². The molecule has 0 bridgehead atoms. The first kappa shape index (κ1) is 17.3. The molecular weight excluding hydrogens is 334 g/mol. The second-order valence-electron chi connectivity index (χ2n) is 5.68. The molecule has 3 rings (SSSR count). The summed E-state index contributed by atoms with van der Waals surface area (Å²) in [5.74, 6) is -1.66. The number of benzene rings is 2. The molecule has 0 unspecified atom stereocenters. The number of carboxylic acid groups (broad SMARTS) is 1. The monoisotopic (exact) mass is 350 g/mol. The second-order valence-corrected chi connectivity index (χ2v) is 5.68. The van der Waals surface area contributed by atoms with Crippen molar-refractivity contribution in [3.8, 4) is 0 Å². The molecule has 0 atom stereocenters. The van der Waals surface area contributed by atoms with Gasteiger partial charge in [-0.05, 0) is 24.1 Å². The number of amides is 1. The molecule has 0 saturated heterocycles. The molecule has 0 aliphatic rings. The summed E-state index contributed by atoms with van der Waals surface area (Å²) >= 11 is 0. The smallest absolute Gasteiger partial charge is 0.274 e. The van der Waals surface area contributed by atoms with Crippen LogP contribution in [0.25, 0.3) is 10.8 Å². The maximum Gasteiger partial charge on any atom is 0.274 e. The zero-order valence-corrected chi connectivity index (χ0v) is 14.1. The van der Waals surface area contributed by atoms with Crippen LogP contribution in [0.2, 0.25) is 0 Å². The molecule has 2 aromatic carbocycles. The molecule has 0 fully saturated rings. The lowest BCUT2D eigenvalue weighted by molar-refractivity contribution is -0.255. The van der Waals surface area contributed by atoms with Crippen LogP contribution < -0.4 is 16.0 Å². The fraction of sp³-hybridized carbons (Fsp3) is 0.158. The van der Waals surface area contributed by atoms with Crippen molar-refractivity contribution in [1.82, 2.24) is 15.1 Å². The van der Waals surface area contributed by atoms with Crippen LogP contribution in [0, 0.1) is 0 Å². The lowest BCUT2D eigenvalue weighted by Gasteiger charge is -2.10. The predicted molar refractivity (Wildman–Crippen MR) is 93.6 cm³/mol. The Morgan fingerprint density at radius 3 is 2.35 bits per heavy atom. The van der Waals surface area contributed by atoms with Crippen LogP contribution in [0.1, 0.15) is 33.3 Å². The van der Waals surface area contributed by atoms with Gasteiger partial charge in [0.2, 0.25) is 0 Å². The Morgan fingerprint density at radius 2 is 1.73 bits per heavy atom. The van der Waals surface area contributed by atoms with Crippen molar-refractivity contribution in [2.75, 3.05) is 0 Å². The lowest BCUT2D eigenvalue weighted by Crippen LogP contribution is -2.30. The number of aryl methyl sites for hydroxylation is 1. The van der Waals surface area contributed by atoms with Gasteiger partial charge in [-0.2, -0.15) is 5.10 Å². The fourth-order valence-electron chi connectivity index (χ4n) is 2.64. The third kappa shape index (κ3) is 3.32. The number of aromatic carboxylic acids is 1. The number of nitrogens with zero attached hydrogens (tertiary/aromatic N) is 2. The van der Waals surface area contributed by atoms with E-state index in [0.29, 0.717) is 17.3 Å². The average Bonchev–Trinajstić information content (AvgIpc) is 2.67. The summed E-state index contributed by atoms with van der Waals surface area (Å²) in [5, 5.41) is 18.6. The van der Waals surface area contributed by atoms with E-state index in [4.69, 9.17) is 0 Å². The first-order valence-corrected chi connectivity index (χ1v) is 8.09. The largest absolute Gasteiger partial charge is 0.545 e. The Kier molecular flexibility index (Phi) is 4.79. The van der Waals surface area contributed by atoms with E-state index in [9.17, 15) is 19.5 Å². The molecule has 7 heteroatoms. The van der Waals surface area contributed by atoms with E-state index in [2.05, 4.69) is 10.4 Å². The van der Waals surface area contributed by atoms with Crippen molar-refractivity contribution in [3.63, 3.8) is 0 Å². The minimum Gasteiger partial charge on any atom is -0.545 e. The Labute approximate surface area is 148 Å². The molecule has 0 aliphatic carbocycles. The summed E-state index contributed by atoms with van der Waals surface area (Å²) in [5.41, 5.74) is 0.741. The minimum absolute atomic E-state index is 0.0720. The molecule has 0 spiro atoms. The maximum absolute atomic E-state index is 12.6.